The van der Waals surface area contributed by atoms with Gasteiger partial charge in [0.05, 0.1) is 15.7 Å². The Morgan fingerprint density at radius 1 is 1.35 bits per heavy atom. The number of benzene rings is 1. The van der Waals surface area contributed by atoms with Crippen LogP contribution < -0.4 is 10.6 Å². The first kappa shape index (κ1) is 11.0. The second-order valence-electron chi connectivity index (χ2n) is 4.61. The van der Waals surface area contributed by atoms with Crippen LogP contribution in [0.4, 0.5) is 5.69 Å². The Morgan fingerprint density at radius 2 is 2.24 bits per heavy atom. The summed E-state index contributed by atoms with van der Waals surface area (Å²) in [5, 5.41) is 6.95. The van der Waals surface area contributed by atoms with Gasteiger partial charge < -0.3 is 10.6 Å². The van der Waals surface area contributed by atoms with Gasteiger partial charge in [0.2, 0.25) is 0 Å². The number of anilines is 1. The zero-order chi connectivity index (χ0) is 11.5. The number of thiazole rings is 1. The van der Waals surface area contributed by atoms with Crippen molar-refractivity contribution in [2.45, 2.75) is 12.8 Å². The van der Waals surface area contributed by atoms with E-state index in [1.54, 1.807) is 11.3 Å². The van der Waals surface area contributed by atoms with Crippen molar-refractivity contribution in [1.82, 2.24) is 10.3 Å². The third kappa shape index (κ3) is 2.58. The molecule has 0 spiro atoms. The number of piperidine rings is 1. The summed E-state index contributed by atoms with van der Waals surface area (Å²) in [5.74, 6) is 0.813. The molecule has 2 heterocycles. The minimum absolute atomic E-state index is 0.813. The molecular weight excluding hydrogens is 230 g/mol. The predicted octanol–water partition coefficient (Wildman–Crippen LogP) is 2.71. The molecule has 1 saturated heterocycles. The standard InChI is InChI=1S/C13H17N3S/c1-2-12-13(17-9-16-12)7-11(1)15-8-10-3-5-14-6-4-10/h1-2,7,9-10,14-15H,3-6,8H2. The van der Waals surface area contributed by atoms with Gasteiger partial charge in [0.25, 0.3) is 0 Å². The van der Waals surface area contributed by atoms with E-state index in [1.165, 1.54) is 36.3 Å². The monoisotopic (exact) mass is 247 g/mol. The first-order chi connectivity index (χ1) is 8.42. The number of nitrogens with one attached hydrogen (secondary N) is 2. The van der Waals surface area contributed by atoms with Crippen LogP contribution in [0, 0.1) is 5.92 Å². The van der Waals surface area contributed by atoms with Crippen LogP contribution in [0.3, 0.4) is 0 Å². The molecule has 1 aliphatic heterocycles. The van der Waals surface area contributed by atoms with E-state index < -0.39 is 0 Å². The van der Waals surface area contributed by atoms with Crippen LogP contribution >= 0.6 is 11.3 Å². The number of hydrogen-bond acceptors (Lipinski definition) is 4. The van der Waals surface area contributed by atoms with Crippen molar-refractivity contribution in [3.8, 4) is 0 Å². The Labute approximate surface area is 105 Å². The van der Waals surface area contributed by atoms with Gasteiger partial charge in [-0.25, -0.2) is 4.98 Å². The molecule has 4 heteroatoms. The summed E-state index contributed by atoms with van der Waals surface area (Å²) in [6, 6.07) is 6.42. The summed E-state index contributed by atoms with van der Waals surface area (Å²) in [5.41, 5.74) is 4.23. The molecule has 0 atom stereocenters. The molecule has 2 N–H and O–H groups in total. The van der Waals surface area contributed by atoms with Crippen molar-refractivity contribution in [2.24, 2.45) is 5.92 Å². The van der Waals surface area contributed by atoms with Gasteiger partial charge in [-0.15, -0.1) is 11.3 Å². The molecule has 0 bridgehead atoms. The van der Waals surface area contributed by atoms with E-state index in [9.17, 15) is 0 Å². The van der Waals surface area contributed by atoms with Crippen LogP contribution in [0.25, 0.3) is 10.2 Å². The summed E-state index contributed by atoms with van der Waals surface area (Å²) in [6.07, 6.45) is 2.58. The predicted molar refractivity (Wildman–Crippen MR) is 73.7 cm³/mol. The second-order valence-corrected chi connectivity index (χ2v) is 5.50. The van der Waals surface area contributed by atoms with E-state index in [2.05, 4.69) is 33.8 Å². The van der Waals surface area contributed by atoms with Gasteiger partial charge in [0.15, 0.2) is 0 Å². The summed E-state index contributed by atoms with van der Waals surface area (Å²) in [4.78, 5) is 4.29. The molecule has 0 saturated carbocycles. The van der Waals surface area contributed by atoms with Gasteiger partial charge >= 0.3 is 0 Å². The molecular formula is C13H17N3S. The molecule has 1 aromatic carbocycles. The Morgan fingerprint density at radius 3 is 3.12 bits per heavy atom. The fourth-order valence-electron chi connectivity index (χ4n) is 2.31. The van der Waals surface area contributed by atoms with E-state index in [1.807, 2.05) is 5.51 Å². The van der Waals surface area contributed by atoms with Crippen LogP contribution in [0.5, 0.6) is 0 Å². The quantitative estimate of drug-likeness (QED) is 0.875. The average Bonchev–Trinajstić information content (AvgIpc) is 2.85. The lowest BCUT2D eigenvalue weighted by Crippen LogP contribution is -2.31. The Balaban J connectivity index is 1.63. The van der Waals surface area contributed by atoms with E-state index in [0.29, 0.717) is 0 Å². The van der Waals surface area contributed by atoms with Crippen molar-refractivity contribution in [3.63, 3.8) is 0 Å². The van der Waals surface area contributed by atoms with Gasteiger partial charge in [-0.1, -0.05) is 0 Å². The SMILES string of the molecule is c1nc2ccc(NCC3CCNCC3)cc2s1. The van der Waals surface area contributed by atoms with Crippen LogP contribution in [-0.2, 0) is 0 Å². The highest BCUT2D eigenvalue weighted by molar-refractivity contribution is 7.16. The highest BCUT2D eigenvalue weighted by Gasteiger charge is 2.12. The Kier molecular flexibility index (Phi) is 3.25. The van der Waals surface area contributed by atoms with E-state index >= 15 is 0 Å². The molecule has 2 aromatic rings. The lowest BCUT2D eigenvalue weighted by molar-refractivity contribution is 0.390. The van der Waals surface area contributed by atoms with Crippen molar-refractivity contribution in [3.05, 3.63) is 23.7 Å². The molecule has 0 unspecified atom stereocenters. The van der Waals surface area contributed by atoms with Gasteiger partial charge in [-0.3, -0.25) is 0 Å². The average molecular weight is 247 g/mol. The van der Waals surface area contributed by atoms with Crippen LogP contribution in [0.15, 0.2) is 23.7 Å². The largest absolute Gasteiger partial charge is 0.385 e. The number of nitrogens with zero attached hydrogens (tertiary/aromatic N) is 1. The van der Waals surface area contributed by atoms with Crippen LogP contribution in [0.1, 0.15) is 12.8 Å². The van der Waals surface area contributed by atoms with Crippen LogP contribution in [0.2, 0.25) is 0 Å². The molecule has 1 fully saturated rings. The fourth-order valence-corrected chi connectivity index (χ4v) is 3.03. The fraction of sp³-hybridized carbons (Fsp3) is 0.462. The van der Waals surface area contributed by atoms with Gasteiger partial charge in [-0.2, -0.15) is 0 Å². The minimum atomic E-state index is 0.813. The van der Waals surface area contributed by atoms with Crippen molar-refractivity contribution < 1.29 is 0 Å². The van der Waals surface area contributed by atoms with Crippen molar-refractivity contribution in [1.29, 1.82) is 0 Å². The molecule has 1 aromatic heterocycles. The summed E-state index contributed by atoms with van der Waals surface area (Å²) in [7, 11) is 0. The van der Waals surface area contributed by atoms with Crippen LogP contribution in [-0.4, -0.2) is 24.6 Å². The summed E-state index contributed by atoms with van der Waals surface area (Å²) >= 11 is 1.70. The molecule has 0 amide bonds. The van der Waals surface area contributed by atoms with E-state index in [0.717, 1.165) is 18.0 Å². The number of aromatic nitrogens is 1. The molecule has 0 radical (unpaired) electrons. The second kappa shape index (κ2) is 5.02. The maximum atomic E-state index is 4.29. The Hall–Kier alpha value is -1.13. The van der Waals surface area contributed by atoms with Gasteiger partial charge in [0.1, 0.15) is 0 Å². The Bertz CT molecular complexity index is 488. The summed E-state index contributed by atoms with van der Waals surface area (Å²) < 4.78 is 1.26. The van der Waals surface area contributed by atoms with E-state index in [4.69, 9.17) is 0 Å². The first-order valence-electron chi connectivity index (χ1n) is 6.20. The topological polar surface area (TPSA) is 37.0 Å². The van der Waals surface area contributed by atoms with Gasteiger partial charge in [-0.05, 0) is 50.0 Å². The molecule has 1 aliphatic rings. The lowest BCUT2D eigenvalue weighted by atomic mass is 9.98. The van der Waals surface area contributed by atoms with Gasteiger partial charge in [0, 0.05) is 12.2 Å². The highest BCUT2D eigenvalue weighted by atomic mass is 32.1. The number of hydrogen-bond donors (Lipinski definition) is 2. The van der Waals surface area contributed by atoms with Crippen molar-refractivity contribution in [2.75, 3.05) is 25.0 Å². The van der Waals surface area contributed by atoms with E-state index in [-0.39, 0.29) is 0 Å². The third-order valence-corrected chi connectivity index (χ3v) is 4.18. The molecule has 3 nitrogen and oxygen atoms in total. The molecule has 90 valence electrons. The minimum Gasteiger partial charge on any atom is -0.385 e. The normalized spacial score (nSPS) is 17.4. The number of fused-ring (bicyclic) bond motifs is 1. The maximum Gasteiger partial charge on any atom is 0.0813 e. The number of rotatable bonds is 3. The molecule has 0 aliphatic carbocycles. The third-order valence-electron chi connectivity index (χ3n) is 3.38. The summed E-state index contributed by atoms with van der Waals surface area (Å²) in [6.45, 7) is 3.42. The zero-order valence-corrected chi connectivity index (χ0v) is 10.6. The smallest absolute Gasteiger partial charge is 0.0813 e. The maximum absolute atomic E-state index is 4.29. The molecule has 3 rings (SSSR count). The zero-order valence-electron chi connectivity index (χ0n) is 9.78. The molecule has 17 heavy (non-hydrogen) atoms. The highest BCUT2D eigenvalue weighted by Crippen LogP contribution is 2.22. The van der Waals surface area contributed by atoms with Crippen molar-refractivity contribution >= 4 is 27.2 Å². The first-order valence-corrected chi connectivity index (χ1v) is 7.07. The lowest BCUT2D eigenvalue weighted by Gasteiger charge is -2.23.